The number of hydrogen-bond acceptors (Lipinski definition) is 7. The summed E-state index contributed by atoms with van der Waals surface area (Å²) >= 11 is 1.65. The Labute approximate surface area is 121 Å². The van der Waals surface area contributed by atoms with E-state index in [-0.39, 0.29) is 0 Å². The molecule has 0 bridgehead atoms. The molecule has 0 amide bonds. The Kier molecular flexibility index (Phi) is 3.54. The van der Waals surface area contributed by atoms with Gasteiger partial charge in [-0.3, -0.25) is 0 Å². The molecule has 0 aliphatic heterocycles. The first-order valence-corrected chi connectivity index (χ1v) is 7.55. The van der Waals surface area contributed by atoms with Gasteiger partial charge in [-0.1, -0.05) is 0 Å². The molecule has 0 radical (unpaired) electrons. The Hall–Kier alpha value is -1.73. The van der Waals surface area contributed by atoms with Crippen LogP contribution < -0.4 is 16.6 Å². The van der Waals surface area contributed by atoms with Crippen molar-refractivity contribution in [3.05, 3.63) is 27.5 Å². The molecule has 1 saturated carbocycles. The molecule has 2 aromatic heterocycles. The second-order valence-corrected chi connectivity index (χ2v) is 5.98. The van der Waals surface area contributed by atoms with Crippen LogP contribution >= 0.6 is 11.3 Å². The Bertz CT molecular complexity index is 619. The lowest BCUT2D eigenvalue weighted by Gasteiger charge is -2.13. The normalized spacial score (nSPS) is 14.3. The molecule has 3 rings (SSSR count). The molecule has 20 heavy (non-hydrogen) atoms. The second kappa shape index (κ2) is 5.34. The van der Waals surface area contributed by atoms with Crippen LogP contribution in [0.4, 0.5) is 11.6 Å². The van der Waals surface area contributed by atoms with Crippen LogP contribution in [0.25, 0.3) is 0 Å². The Morgan fingerprint density at radius 2 is 2.05 bits per heavy atom. The van der Waals surface area contributed by atoms with E-state index in [1.54, 1.807) is 11.3 Å². The Morgan fingerprint density at radius 3 is 2.65 bits per heavy atom. The van der Waals surface area contributed by atoms with Gasteiger partial charge in [0.2, 0.25) is 0 Å². The van der Waals surface area contributed by atoms with Gasteiger partial charge in [-0.25, -0.2) is 20.8 Å². The second-order valence-electron chi connectivity index (χ2n) is 5.04. The zero-order valence-electron chi connectivity index (χ0n) is 11.6. The Morgan fingerprint density at radius 1 is 1.30 bits per heavy atom. The zero-order valence-corrected chi connectivity index (χ0v) is 12.4. The van der Waals surface area contributed by atoms with Gasteiger partial charge in [0, 0.05) is 16.4 Å². The molecule has 106 valence electrons. The molecule has 0 aromatic carbocycles. The number of aromatic nitrogens is 3. The fourth-order valence-electron chi connectivity index (χ4n) is 2.03. The maximum atomic E-state index is 5.55. The topological polar surface area (TPSA) is 88.8 Å². The number of nitrogen functional groups attached to an aromatic ring is 1. The summed E-state index contributed by atoms with van der Waals surface area (Å²) in [5, 5.41) is 3.38. The predicted octanol–water partition coefficient (Wildman–Crippen LogP) is 2.33. The van der Waals surface area contributed by atoms with Crippen LogP contribution in [0.2, 0.25) is 0 Å². The van der Waals surface area contributed by atoms with E-state index >= 15 is 0 Å². The summed E-state index contributed by atoms with van der Waals surface area (Å²) in [7, 11) is 0. The van der Waals surface area contributed by atoms with Crippen molar-refractivity contribution in [3.63, 3.8) is 0 Å². The van der Waals surface area contributed by atoms with Gasteiger partial charge in [0.15, 0.2) is 0 Å². The quantitative estimate of drug-likeness (QED) is 0.578. The smallest absolute Gasteiger partial charge is 0.148 e. The van der Waals surface area contributed by atoms with Crippen molar-refractivity contribution < 1.29 is 0 Å². The molecule has 0 spiro atoms. The number of thiazole rings is 1. The lowest BCUT2D eigenvalue weighted by molar-refractivity contribution is 0.910. The monoisotopic (exact) mass is 290 g/mol. The highest BCUT2D eigenvalue weighted by Gasteiger charge is 2.28. The minimum atomic E-state index is 0.494. The summed E-state index contributed by atoms with van der Waals surface area (Å²) in [6.45, 7) is 4.71. The van der Waals surface area contributed by atoms with Gasteiger partial charge in [-0.15, -0.1) is 11.3 Å². The van der Waals surface area contributed by atoms with Gasteiger partial charge in [-0.05, 0) is 26.7 Å². The summed E-state index contributed by atoms with van der Waals surface area (Å²) < 4.78 is 0. The van der Waals surface area contributed by atoms with Crippen LogP contribution in [0.1, 0.15) is 40.7 Å². The molecule has 1 aliphatic rings. The first kappa shape index (κ1) is 13.3. The number of rotatable bonds is 5. The van der Waals surface area contributed by atoms with Crippen LogP contribution in [0.15, 0.2) is 5.51 Å². The van der Waals surface area contributed by atoms with E-state index in [0.717, 1.165) is 29.4 Å². The number of anilines is 2. The summed E-state index contributed by atoms with van der Waals surface area (Å²) in [6.07, 6.45) is 2.33. The van der Waals surface area contributed by atoms with Gasteiger partial charge in [0.25, 0.3) is 0 Å². The van der Waals surface area contributed by atoms with E-state index in [2.05, 4.69) is 25.7 Å². The Balaban J connectivity index is 1.84. The number of aryl methyl sites for hydroxylation is 1. The maximum absolute atomic E-state index is 5.55. The van der Waals surface area contributed by atoms with E-state index < -0.39 is 0 Å². The van der Waals surface area contributed by atoms with Crippen LogP contribution in [0, 0.1) is 13.8 Å². The SMILES string of the molecule is Cc1ncsc1CNc1nc(C2CC2)nc(NN)c1C. The molecule has 2 aromatic rings. The molecule has 1 aliphatic carbocycles. The van der Waals surface area contributed by atoms with Crippen molar-refractivity contribution in [2.45, 2.75) is 39.2 Å². The predicted molar refractivity (Wildman–Crippen MR) is 80.7 cm³/mol. The summed E-state index contributed by atoms with van der Waals surface area (Å²) in [6, 6.07) is 0. The summed E-state index contributed by atoms with van der Waals surface area (Å²) in [5.41, 5.74) is 6.53. The molecule has 4 N–H and O–H groups in total. The lowest BCUT2D eigenvalue weighted by atomic mass is 10.2. The largest absolute Gasteiger partial charge is 0.365 e. The van der Waals surface area contributed by atoms with Crippen LogP contribution in [0.5, 0.6) is 0 Å². The molecule has 2 heterocycles. The van der Waals surface area contributed by atoms with Crippen molar-refractivity contribution in [2.75, 3.05) is 10.7 Å². The molecular weight excluding hydrogens is 272 g/mol. The van der Waals surface area contributed by atoms with Crippen LogP contribution in [-0.2, 0) is 6.54 Å². The minimum Gasteiger partial charge on any atom is -0.365 e. The average molecular weight is 290 g/mol. The molecule has 0 unspecified atom stereocenters. The number of nitrogens with zero attached hydrogens (tertiary/aromatic N) is 3. The molecule has 7 heteroatoms. The number of hydrazine groups is 1. The fraction of sp³-hybridized carbons (Fsp3) is 0.462. The van der Waals surface area contributed by atoms with E-state index in [1.165, 1.54) is 17.7 Å². The van der Waals surface area contributed by atoms with Crippen molar-refractivity contribution in [3.8, 4) is 0 Å². The number of nitrogens with one attached hydrogen (secondary N) is 2. The third-order valence-corrected chi connectivity index (χ3v) is 4.44. The third-order valence-electron chi connectivity index (χ3n) is 3.50. The molecule has 0 atom stereocenters. The van der Waals surface area contributed by atoms with Crippen molar-refractivity contribution >= 4 is 23.0 Å². The van der Waals surface area contributed by atoms with Crippen molar-refractivity contribution in [1.29, 1.82) is 0 Å². The van der Waals surface area contributed by atoms with E-state index in [0.29, 0.717) is 11.7 Å². The molecular formula is C13H18N6S. The van der Waals surface area contributed by atoms with Crippen molar-refractivity contribution in [2.24, 2.45) is 5.84 Å². The molecule has 0 saturated heterocycles. The van der Waals surface area contributed by atoms with Crippen molar-refractivity contribution in [1.82, 2.24) is 15.0 Å². The first-order valence-electron chi connectivity index (χ1n) is 6.67. The third kappa shape index (κ3) is 2.59. The molecule has 1 fully saturated rings. The van der Waals surface area contributed by atoms with Gasteiger partial charge >= 0.3 is 0 Å². The fourth-order valence-corrected chi connectivity index (χ4v) is 2.75. The van der Waals surface area contributed by atoms with E-state index in [1.807, 2.05) is 19.4 Å². The van der Waals surface area contributed by atoms with E-state index in [9.17, 15) is 0 Å². The summed E-state index contributed by atoms with van der Waals surface area (Å²) in [5.74, 6) is 8.47. The average Bonchev–Trinajstić information content (AvgIpc) is 3.21. The first-order chi connectivity index (χ1) is 9.69. The standard InChI is InChI=1S/C13H18N6S/c1-7-11(15-5-10-8(2)16-6-20-10)17-13(9-3-4-9)18-12(7)19-14/h6,9H,3-5,14H2,1-2H3,(H2,15,17,18,19). The number of nitrogens with two attached hydrogens (primary N) is 1. The van der Waals surface area contributed by atoms with Gasteiger partial charge < -0.3 is 10.7 Å². The van der Waals surface area contributed by atoms with Gasteiger partial charge in [-0.2, -0.15) is 0 Å². The van der Waals surface area contributed by atoms with E-state index in [4.69, 9.17) is 5.84 Å². The highest BCUT2D eigenvalue weighted by molar-refractivity contribution is 7.09. The highest BCUT2D eigenvalue weighted by atomic mass is 32.1. The molecule has 6 nitrogen and oxygen atoms in total. The zero-order chi connectivity index (χ0) is 14.1. The number of hydrogen-bond donors (Lipinski definition) is 3. The van der Waals surface area contributed by atoms with Gasteiger partial charge in [0.05, 0.1) is 17.7 Å². The van der Waals surface area contributed by atoms with Crippen LogP contribution in [0.3, 0.4) is 0 Å². The van der Waals surface area contributed by atoms with Gasteiger partial charge in [0.1, 0.15) is 17.5 Å². The summed E-state index contributed by atoms with van der Waals surface area (Å²) in [4.78, 5) is 14.6. The highest BCUT2D eigenvalue weighted by Crippen LogP contribution is 2.39. The van der Waals surface area contributed by atoms with Crippen LogP contribution in [-0.4, -0.2) is 15.0 Å². The maximum Gasteiger partial charge on any atom is 0.148 e. The minimum absolute atomic E-state index is 0.494. The lowest BCUT2D eigenvalue weighted by Crippen LogP contribution is -2.14.